The molecule has 0 atom stereocenters. The molecule has 3 nitrogen and oxygen atoms in total. The van der Waals surface area contributed by atoms with E-state index in [-0.39, 0.29) is 5.91 Å². The van der Waals surface area contributed by atoms with Crippen LogP contribution in [0.1, 0.15) is 54.4 Å². The highest BCUT2D eigenvalue weighted by Crippen LogP contribution is 2.19. The third kappa shape index (κ3) is 3.65. The Morgan fingerprint density at radius 1 is 1.10 bits per heavy atom. The van der Waals surface area contributed by atoms with Crippen LogP contribution < -0.4 is 5.32 Å². The Bertz CT molecular complexity index is 478. The van der Waals surface area contributed by atoms with Gasteiger partial charge in [-0.05, 0) is 30.9 Å². The van der Waals surface area contributed by atoms with E-state index in [1.165, 1.54) is 44.1 Å². The SMILES string of the molecule is O=C1c2ccccc2CCN1CCNC1CCCCCC1. The lowest BCUT2D eigenvalue weighted by Gasteiger charge is -2.29. The Morgan fingerprint density at radius 2 is 1.86 bits per heavy atom. The molecule has 2 aliphatic rings. The normalized spacial score (nSPS) is 20.2. The number of benzene rings is 1. The van der Waals surface area contributed by atoms with Gasteiger partial charge in [0.1, 0.15) is 0 Å². The van der Waals surface area contributed by atoms with Crippen LogP contribution >= 0.6 is 0 Å². The first kappa shape index (κ1) is 14.6. The van der Waals surface area contributed by atoms with Crippen molar-refractivity contribution in [3.8, 4) is 0 Å². The van der Waals surface area contributed by atoms with Crippen molar-refractivity contribution >= 4 is 5.91 Å². The van der Waals surface area contributed by atoms with Gasteiger partial charge in [-0.15, -0.1) is 0 Å². The average Bonchev–Trinajstić information content (AvgIpc) is 2.79. The molecule has 1 fully saturated rings. The second kappa shape index (κ2) is 7.08. The van der Waals surface area contributed by atoms with Crippen molar-refractivity contribution in [3.05, 3.63) is 35.4 Å². The number of hydrogen-bond donors (Lipinski definition) is 1. The lowest BCUT2D eigenvalue weighted by molar-refractivity contribution is 0.0739. The fourth-order valence-electron chi connectivity index (χ4n) is 3.57. The zero-order chi connectivity index (χ0) is 14.5. The highest BCUT2D eigenvalue weighted by atomic mass is 16.2. The Kier molecular flexibility index (Phi) is 4.91. The lowest BCUT2D eigenvalue weighted by atomic mass is 9.99. The molecule has 1 aliphatic heterocycles. The summed E-state index contributed by atoms with van der Waals surface area (Å²) in [6.07, 6.45) is 9.08. The molecule has 3 rings (SSSR count). The number of amides is 1. The molecule has 1 aromatic rings. The van der Waals surface area contributed by atoms with Gasteiger partial charge in [0.25, 0.3) is 5.91 Å². The van der Waals surface area contributed by atoms with E-state index >= 15 is 0 Å². The molecule has 1 N–H and O–H groups in total. The van der Waals surface area contributed by atoms with E-state index in [0.29, 0.717) is 6.04 Å². The minimum atomic E-state index is 0.208. The fourth-order valence-corrected chi connectivity index (χ4v) is 3.57. The highest BCUT2D eigenvalue weighted by Gasteiger charge is 2.23. The van der Waals surface area contributed by atoms with Gasteiger partial charge in [-0.3, -0.25) is 4.79 Å². The van der Waals surface area contributed by atoms with E-state index in [1.54, 1.807) is 0 Å². The smallest absolute Gasteiger partial charge is 0.254 e. The van der Waals surface area contributed by atoms with Gasteiger partial charge in [0.05, 0.1) is 0 Å². The molecule has 0 radical (unpaired) electrons. The molecule has 1 aliphatic carbocycles. The number of nitrogens with one attached hydrogen (secondary N) is 1. The molecule has 1 amide bonds. The third-order valence-corrected chi connectivity index (χ3v) is 4.86. The Hall–Kier alpha value is -1.35. The molecule has 0 spiro atoms. The van der Waals surface area contributed by atoms with Crippen LogP contribution in [0.15, 0.2) is 24.3 Å². The van der Waals surface area contributed by atoms with Gasteiger partial charge in [0, 0.05) is 31.2 Å². The largest absolute Gasteiger partial charge is 0.337 e. The molecule has 0 unspecified atom stereocenters. The van der Waals surface area contributed by atoms with Gasteiger partial charge in [0.2, 0.25) is 0 Å². The second-order valence-electron chi connectivity index (χ2n) is 6.34. The van der Waals surface area contributed by atoms with Crippen molar-refractivity contribution in [1.82, 2.24) is 10.2 Å². The fraction of sp³-hybridized carbons (Fsp3) is 0.611. The van der Waals surface area contributed by atoms with E-state index in [0.717, 1.165) is 31.6 Å². The summed E-state index contributed by atoms with van der Waals surface area (Å²) in [7, 11) is 0. The van der Waals surface area contributed by atoms with Crippen molar-refractivity contribution in [2.45, 2.75) is 51.0 Å². The summed E-state index contributed by atoms with van der Waals surface area (Å²) in [6.45, 7) is 2.63. The quantitative estimate of drug-likeness (QED) is 0.863. The summed E-state index contributed by atoms with van der Waals surface area (Å²) in [5.74, 6) is 0.208. The standard InChI is InChI=1S/C18H26N2O/c21-18-17-10-6-5-7-15(17)11-13-20(18)14-12-19-16-8-3-1-2-4-9-16/h5-7,10,16,19H,1-4,8-9,11-14H2. The summed E-state index contributed by atoms with van der Waals surface area (Å²) >= 11 is 0. The zero-order valence-corrected chi connectivity index (χ0v) is 12.8. The van der Waals surface area contributed by atoms with Crippen LogP contribution in [-0.2, 0) is 6.42 Å². The monoisotopic (exact) mass is 286 g/mol. The maximum absolute atomic E-state index is 12.5. The van der Waals surface area contributed by atoms with E-state index < -0.39 is 0 Å². The molecule has 1 heterocycles. The molecular formula is C18H26N2O. The van der Waals surface area contributed by atoms with Crippen molar-refractivity contribution in [2.24, 2.45) is 0 Å². The van der Waals surface area contributed by atoms with Gasteiger partial charge in [0.15, 0.2) is 0 Å². The Labute approximate surface area is 127 Å². The summed E-state index contributed by atoms with van der Waals surface area (Å²) < 4.78 is 0. The molecule has 1 aromatic carbocycles. The van der Waals surface area contributed by atoms with Crippen molar-refractivity contribution < 1.29 is 4.79 Å². The number of nitrogens with zero attached hydrogens (tertiary/aromatic N) is 1. The van der Waals surface area contributed by atoms with Crippen LogP contribution in [0.2, 0.25) is 0 Å². The maximum atomic E-state index is 12.5. The molecule has 0 aromatic heterocycles. The molecule has 1 saturated carbocycles. The Morgan fingerprint density at radius 3 is 2.67 bits per heavy atom. The predicted octanol–water partition coefficient (Wildman–Crippen LogP) is 3.00. The van der Waals surface area contributed by atoms with Gasteiger partial charge in [-0.1, -0.05) is 43.9 Å². The highest BCUT2D eigenvalue weighted by molar-refractivity contribution is 5.96. The molecule has 114 valence electrons. The zero-order valence-electron chi connectivity index (χ0n) is 12.8. The maximum Gasteiger partial charge on any atom is 0.254 e. The molecule has 0 saturated heterocycles. The van der Waals surface area contributed by atoms with Crippen molar-refractivity contribution in [3.63, 3.8) is 0 Å². The summed E-state index contributed by atoms with van der Waals surface area (Å²) in [6, 6.07) is 8.69. The van der Waals surface area contributed by atoms with Crippen molar-refractivity contribution in [2.75, 3.05) is 19.6 Å². The number of fused-ring (bicyclic) bond motifs is 1. The van der Waals surface area contributed by atoms with E-state index in [9.17, 15) is 4.79 Å². The number of rotatable bonds is 4. The van der Waals surface area contributed by atoms with Crippen LogP contribution in [0.4, 0.5) is 0 Å². The lowest BCUT2D eigenvalue weighted by Crippen LogP contribution is -2.43. The first-order valence-corrected chi connectivity index (χ1v) is 8.45. The third-order valence-electron chi connectivity index (χ3n) is 4.86. The summed E-state index contributed by atoms with van der Waals surface area (Å²) in [5.41, 5.74) is 2.11. The van der Waals surface area contributed by atoms with Crippen LogP contribution in [0.25, 0.3) is 0 Å². The number of carbonyl (C=O) groups is 1. The molecule has 0 bridgehead atoms. The average molecular weight is 286 g/mol. The number of carbonyl (C=O) groups excluding carboxylic acids is 1. The molecule has 3 heteroatoms. The van der Waals surface area contributed by atoms with E-state index in [4.69, 9.17) is 0 Å². The van der Waals surface area contributed by atoms with E-state index in [1.807, 2.05) is 23.1 Å². The number of hydrogen-bond acceptors (Lipinski definition) is 2. The first-order valence-electron chi connectivity index (χ1n) is 8.45. The minimum absolute atomic E-state index is 0.208. The van der Waals surface area contributed by atoms with Crippen LogP contribution in [-0.4, -0.2) is 36.5 Å². The van der Waals surface area contributed by atoms with Crippen LogP contribution in [0.3, 0.4) is 0 Å². The van der Waals surface area contributed by atoms with Crippen LogP contribution in [0, 0.1) is 0 Å². The summed E-state index contributed by atoms with van der Waals surface area (Å²) in [5, 5.41) is 3.66. The first-order chi connectivity index (χ1) is 10.3. The van der Waals surface area contributed by atoms with Crippen molar-refractivity contribution in [1.29, 1.82) is 0 Å². The van der Waals surface area contributed by atoms with Gasteiger partial charge < -0.3 is 10.2 Å². The predicted molar refractivity (Wildman–Crippen MR) is 85.5 cm³/mol. The summed E-state index contributed by atoms with van der Waals surface area (Å²) in [4.78, 5) is 14.5. The van der Waals surface area contributed by atoms with E-state index in [2.05, 4.69) is 11.4 Å². The van der Waals surface area contributed by atoms with Crippen LogP contribution in [0.5, 0.6) is 0 Å². The van der Waals surface area contributed by atoms with Gasteiger partial charge in [-0.25, -0.2) is 0 Å². The minimum Gasteiger partial charge on any atom is -0.337 e. The van der Waals surface area contributed by atoms with Gasteiger partial charge >= 0.3 is 0 Å². The van der Waals surface area contributed by atoms with Gasteiger partial charge in [-0.2, -0.15) is 0 Å². The Balaban J connectivity index is 1.49. The molecular weight excluding hydrogens is 260 g/mol. The topological polar surface area (TPSA) is 32.3 Å². The second-order valence-corrected chi connectivity index (χ2v) is 6.34. The molecule has 21 heavy (non-hydrogen) atoms.